The highest BCUT2D eigenvalue weighted by Gasteiger charge is 2.05. The fourth-order valence-electron chi connectivity index (χ4n) is 2.08. The molecular weight excluding hydrogens is 334 g/mol. The number of hydrogen-bond donors (Lipinski definition) is 2. The normalized spacial score (nSPS) is 10.6. The average molecular weight is 355 g/mol. The van der Waals surface area contributed by atoms with E-state index in [1.165, 1.54) is 4.90 Å². The molecule has 130 valence electrons. The molecule has 0 aliphatic heterocycles. The van der Waals surface area contributed by atoms with Gasteiger partial charge in [-0.1, -0.05) is 19.1 Å². The first-order valence-corrected chi connectivity index (χ1v) is 9.22. The second kappa shape index (κ2) is 9.64. The van der Waals surface area contributed by atoms with Gasteiger partial charge in [-0.15, -0.1) is 11.8 Å². The van der Waals surface area contributed by atoms with Crippen molar-refractivity contribution in [2.75, 3.05) is 11.6 Å². The van der Waals surface area contributed by atoms with Gasteiger partial charge in [-0.25, -0.2) is 5.43 Å². The number of amides is 2. The van der Waals surface area contributed by atoms with Gasteiger partial charge in [-0.05, 0) is 54.6 Å². The molecule has 6 heteroatoms. The largest absolute Gasteiger partial charge is 0.326 e. The number of nitrogens with one attached hydrogen (secondary N) is 2. The fraction of sp³-hybridized carbons (Fsp3) is 0.211. The number of carbonyl (C=O) groups is 2. The second-order valence-corrected chi connectivity index (χ2v) is 6.23. The summed E-state index contributed by atoms with van der Waals surface area (Å²) in [6.07, 6.45) is 4.89. The van der Waals surface area contributed by atoms with E-state index in [4.69, 9.17) is 0 Å². The molecule has 0 radical (unpaired) electrons. The molecule has 2 aromatic carbocycles. The van der Waals surface area contributed by atoms with Crippen molar-refractivity contribution in [3.05, 3.63) is 59.7 Å². The van der Waals surface area contributed by atoms with Crippen molar-refractivity contribution in [3.63, 3.8) is 0 Å². The van der Waals surface area contributed by atoms with Gasteiger partial charge in [0.05, 0.1) is 6.21 Å². The molecule has 0 spiro atoms. The number of rotatable bonds is 7. The highest BCUT2D eigenvalue weighted by atomic mass is 32.2. The number of thioether (sulfide) groups is 1. The van der Waals surface area contributed by atoms with Gasteiger partial charge in [0, 0.05) is 22.6 Å². The summed E-state index contributed by atoms with van der Waals surface area (Å²) < 4.78 is 0. The van der Waals surface area contributed by atoms with E-state index in [1.54, 1.807) is 42.2 Å². The first-order chi connectivity index (χ1) is 12.1. The van der Waals surface area contributed by atoms with Gasteiger partial charge in [0.2, 0.25) is 5.91 Å². The molecule has 2 aromatic rings. The Morgan fingerprint density at radius 3 is 2.36 bits per heavy atom. The first kappa shape index (κ1) is 18.7. The summed E-state index contributed by atoms with van der Waals surface area (Å²) in [6.45, 7) is 1.95. The second-order valence-electron chi connectivity index (χ2n) is 5.35. The Kier molecular flexibility index (Phi) is 7.22. The van der Waals surface area contributed by atoms with Crippen molar-refractivity contribution in [3.8, 4) is 0 Å². The summed E-state index contributed by atoms with van der Waals surface area (Å²) in [7, 11) is 0. The quantitative estimate of drug-likeness (QED) is 0.449. The molecule has 0 aromatic heterocycles. The van der Waals surface area contributed by atoms with E-state index < -0.39 is 0 Å². The smallest absolute Gasteiger partial charge is 0.271 e. The van der Waals surface area contributed by atoms with Crippen LogP contribution in [-0.2, 0) is 4.79 Å². The molecule has 0 saturated carbocycles. The van der Waals surface area contributed by atoms with Gasteiger partial charge in [0.1, 0.15) is 0 Å². The van der Waals surface area contributed by atoms with Gasteiger partial charge in [0.15, 0.2) is 0 Å². The Morgan fingerprint density at radius 1 is 1.08 bits per heavy atom. The Bertz CT molecular complexity index is 740. The number of carbonyl (C=O) groups excluding carboxylic acids is 2. The standard InChI is InChI=1S/C19H21N3O2S/c1-3-4-18(23)21-16-9-7-15(8-10-16)19(24)22-20-13-14-5-11-17(25-2)12-6-14/h5-13H,3-4H2,1-2H3,(H,21,23)(H,22,24). The van der Waals surface area contributed by atoms with Crippen LogP contribution in [-0.4, -0.2) is 24.3 Å². The molecule has 0 aliphatic rings. The van der Waals surface area contributed by atoms with Crippen molar-refractivity contribution >= 4 is 35.5 Å². The third-order valence-electron chi connectivity index (χ3n) is 3.40. The van der Waals surface area contributed by atoms with Gasteiger partial charge in [0.25, 0.3) is 5.91 Å². The molecule has 0 heterocycles. The highest BCUT2D eigenvalue weighted by molar-refractivity contribution is 7.98. The van der Waals surface area contributed by atoms with Crippen molar-refractivity contribution in [1.29, 1.82) is 0 Å². The number of nitrogens with zero attached hydrogens (tertiary/aromatic N) is 1. The van der Waals surface area contributed by atoms with Crippen LogP contribution in [0.1, 0.15) is 35.7 Å². The van der Waals surface area contributed by atoms with Crippen LogP contribution in [0, 0.1) is 0 Å². The zero-order chi connectivity index (χ0) is 18.1. The Balaban J connectivity index is 1.89. The summed E-state index contributed by atoms with van der Waals surface area (Å²) in [5, 5.41) is 6.75. The number of hydrogen-bond acceptors (Lipinski definition) is 4. The van der Waals surface area contributed by atoms with Crippen molar-refractivity contribution < 1.29 is 9.59 Å². The van der Waals surface area contributed by atoms with E-state index in [2.05, 4.69) is 15.8 Å². The summed E-state index contributed by atoms with van der Waals surface area (Å²) in [5.41, 5.74) is 4.55. The molecule has 0 bridgehead atoms. The van der Waals surface area contributed by atoms with Crippen LogP contribution in [0.2, 0.25) is 0 Å². The lowest BCUT2D eigenvalue weighted by molar-refractivity contribution is -0.116. The zero-order valence-corrected chi connectivity index (χ0v) is 15.1. The average Bonchev–Trinajstić information content (AvgIpc) is 2.63. The predicted octanol–water partition coefficient (Wildman–Crippen LogP) is 3.91. The van der Waals surface area contributed by atoms with Crippen molar-refractivity contribution in [2.45, 2.75) is 24.7 Å². The molecule has 0 fully saturated rings. The molecule has 25 heavy (non-hydrogen) atoms. The van der Waals surface area contributed by atoms with E-state index in [9.17, 15) is 9.59 Å². The molecule has 5 nitrogen and oxygen atoms in total. The summed E-state index contributed by atoms with van der Waals surface area (Å²) in [6, 6.07) is 14.6. The predicted molar refractivity (Wildman–Crippen MR) is 103 cm³/mol. The number of anilines is 1. The van der Waals surface area contributed by atoms with Crippen LogP contribution >= 0.6 is 11.8 Å². The maximum absolute atomic E-state index is 12.1. The third kappa shape index (κ3) is 6.08. The number of benzene rings is 2. The van der Waals surface area contributed by atoms with Gasteiger partial charge in [-0.2, -0.15) is 5.10 Å². The fourth-order valence-corrected chi connectivity index (χ4v) is 2.48. The van der Waals surface area contributed by atoms with Crippen LogP contribution < -0.4 is 10.7 Å². The van der Waals surface area contributed by atoms with Gasteiger partial charge >= 0.3 is 0 Å². The van der Waals surface area contributed by atoms with Gasteiger partial charge in [-0.3, -0.25) is 9.59 Å². The van der Waals surface area contributed by atoms with Crippen molar-refractivity contribution in [2.24, 2.45) is 5.10 Å². The molecular formula is C19H21N3O2S. The zero-order valence-electron chi connectivity index (χ0n) is 14.3. The molecule has 0 unspecified atom stereocenters. The van der Waals surface area contributed by atoms with Crippen molar-refractivity contribution in [1.82, 2.24) is 5.43 Å². The Labute approximate surface area is 151 Å². The summed E-state index contributed by atoms with van der Waals surface area (Å²) in [4.78, 5) is 24.8. The third-order valence-corrected chi connectivity index (χ3v) is 4.15. The summed E-state index contributed by atoms with van der Waals surface area (Å²) in [5.74, 6) is -0.333. The minimum absolute atomic E-state index is 0.0307. The lowest BCUT2D eigenvalue weighted by Gasteiger charge is -2.05. The first-order valence-electron chi connectivity index (χ1n) is 7.99. The lowest BCUT2D eigenvalue weighted by atomic mass is 10.2. The summed E-state index contributed by atoms with van der Waals surface area (Å²) >= 11 is 1.67. The van der Waals surface area contributed by atoms with Gasteiger partial charge < -0.3 is 5.32 Å². The minimum atomic E-state index is -0.302. The van der Waals surface area contributed by atoms with E-state index in [-0.39, 0.29) is 11.8 Å². The van der Waals surface area contributed by atoms with E-state index >= 15 is 0 Å². The van der Waals surface area contributed by atoms with Crippen LogP contribution in [0.4, 0.5) is 5.69 Å². The van der Waals surface area contributed by atoms with Crippen LogP contribution in [0.25, 0.3) is 0 Å². The van der Waals surface area contributed by atoms with Crippen LogP contribution in [0.5, 0.6) is 0 Å². The molecule has 0 aliphatic carbocycles. The highest BCUT2D eigenvalue weighted by Crippen LogP contribution is 2.14. The molecule has 2 N–H and O–H groups in total. The lowest BCUT2D eigenvalue weighted by Crippen LogP contribution is -2.17. The molecule has 0 atom stereocenters. The maximum atomic E-state index is 12.1. The van der Waals surface area contributed by atoms with E-state index in [0.717, 1.165) is 12.0 Å². The Morgan fingerprint density at radius 2 is 1.76 bits per heavy atom. The minimum Gasteiger partial charge on any atom is -0.326 e. The van der Waals surface area contributed by atoms with Crippen LogP contribution in [0.15, 0.2) is 58.5 Å². The monoisotopic (exact) mass is 355 g/mol. The number of hydrazone groups is 1. The van der Waals surface area contributed by atoms with E-state index in [1.807, 2.05) is 37.4 Å². The topological polar surface area (TPSA) is 70.6 Å². The van der Waals surface area contributed by atoms with Crippen LogP contribution in [0.3, 0.4) is 0 Å². The SMILES string of the molecule is CCCC(=O)Nc1ccc(C(=O)NN=Cc2ccc(SC)cc2)cc1. The molecule has 2 rings (SSSR count). The maximum Gasteiger partial charge on any atom is 0.271 e. The molecule has 0 saturated heterocycles. The molecule has 2 amide bonds. The Hall–Kier alpha value is -2.60. The van der Waals surface area contributed by atoms with E-state index in [0.29, 0.717) is 17.7 Å².